The minimum absolute atomic E-state index is 0.625. The molecule has 1 aromatic heterocycles. The number of aromatic nitrogens is 1. The first-order chi connectivity index (χ1) is 10.2. The van der Waals surface area contributed by atoms with E-state index in [1.54, 1.807) is 0 Å². The maximum atomic E-state index is 6.10. The predicted molar refractivity (Wildman–Crippen MR) is 89.7 cm³/mol. The molecule has 1 heterocycles. The van der Waals surface area contributed by atoms with E-state index in [1.807, 2.05) is 31.3 Å². The number of benzene rings is 1. The van der Waals surface area contributed by atoms with Crippen LogP contribution >= 0.6 is 0 Å². The molecule has 0 bridgehead atoms. The Morgan fingerprint density at radius 1 is 1.24 bits per heavy atom. The normalized spacial score (nSPS) is 12.5. The number of ether oxygens (including phenoxy) is 1. The third-order valence-corrected chi connectivity index (χ3v) is 4.05. The molecule has 2 rings (SSSR count). The number of rotatable bonds is 7. The van der Waals surface area contributed by atoms with Crippen LogP contribution in [0, 0.1) is 12.8 Å². The van der Waals surface area contributed by atoms with Gasteiger partial charge < -0.3 is 10.5 Å². The number of nitrogens with zero attached hydrogens (tertiary/aromatic N) is 1. The van der Waals surface area contributed by atoms with Gasteiger partial charge in [-0.3, -0.25) is 4.98 Å². The number of aryl methyl sites for hydroxylation is 1. The summed E-state index contributed by atoms with van der Waals surface area (Å²) in [6.07, 6.45) is 6.74. The Morgan fingerprint density at radius 2 is 2.05 bits per heavy atom. The second-order valence-electron chi connectivity index (χ2n) is 5.75. The summed E-state index contributed by atoms with van der Waals surface area (Å²) in [6.45, 7) is 7.23. The van der Waals surface area contributed by atoms with E-state index in [2.05, 4.69) is 18.8 Å². The van der Waals surface area contributed by atoms with Crippen molar-refractivity contribution < 1.29 is 4.74 Å². The van der Waals surface area contributed by atoms with Crippen LogP contribution in [0.2, 0.25) is 0 Å². The molecular formula is C18H26N2O. The monoisotopic (exact) mass is 286 g/mol. The largest absolute Gasteiger partial charge is 0.493 e. The molecule has 0 aliphatic carbocycles. The van der Waals surface area contributed by atoms with Crippen molar-refractivity contribution in [3.05, 3.63) is 30.1 Å². The minimum atomic E-state index is 0.625. The first-order valence-corrected chi connectivity index (χ1v) is 7.93. The van der Waals surface area contributed by atoms with Gasteiger partial charge >= 0.3 is 0 Å². The Balaban J connectivity index is 2.18. The Bertz CT molecular complexity index is 595. The van der Waals surface area contributed by atoms with E-state index in [9.17, 15) is 0 Å². The van der Waals surface area contributed by atoms with Crippen molar-refractivity contribution in [2.75, 3.05) is 12.3 Å². The van der Waals surface area contributed by atoms with Crippen molar-refractivity contribution in [2.24, 2.45) is 5.92 Å². The Kier molecular flexibility index (Phi) is 5.43. The van der Waals surface area contributed by atoms with Crippen molar-refractivity contribution in [3.63, 3.8) is 0 Å². The summed E-state index contributed by atoms with van der Waals surface area (Å²) in [5.74, 6) is 1.54. The summed E-state index contributed by atoms with van der Waals surface area (Å²) in [5.41, 5.74) is 7.76. The molecule has 0 saturated heterocycles. The van der Waals surface area contributed by atoms with Crippen molar-refractivity contribution in [3.8, 4) is 5.75 Å². The first kappa shape index (κ1) is 15.6. The lowest BCUT2D eigenvalue weighted by Crippen LogP contribution is -2.11. The second-order valence-corrected chi connectivity index (χ2v) is 5.75. The lowest BCUT2D eigenvalue weighted by Gasteiger charge is -2.17. The van der Waals surface area contributed by atoms with Crippen LogP contribution in [0.5, 0.6) is 5.75 Å². The minimum Gasteiger partial charge on any atom is -0.493 e. The molecule has 0 fully saturated rings. The maximum Gasteiger partial charge on any atom is 0.127 e. The highest BCUT2D eigenvalue weighted by Gasteiger charge is 2.10. The van der Waals surface area contributed by atoms with Gasteiger partial charge in [-0.25, -0.2) is 0 Å². The van der Waals surface area contributed by atoms with E-state index in [0.717, 1.165) is 40.9 Å². The van der Waals surface area contributed by atoms with Gasteiger partial charge in [-0.15, -0.1) is 0 Å². The van der Waals surface area contributed by atoms with E-state index < -0.39 is 0 Å². The number of unbranched alkanes of at least 4 members (excludes halogenated alkanes) is 1. The molecular weight excluding hydrogens is 260 g/mol. The summed E-state index contributed by atoms with van der Waals surface area (Å²) in [6, 6.07) is 5.93. The van der Waals surface area contributed by atoms with Gasteiger partial charge in [0, 0.05) is 28.4 Å². The van der Waals surface area contributed by atoms with Crippen LogP contribution in [0.25, 0.3) is 10.8 Å². The fourth-order valence-corrected chi connectivity index (χ4v) is 2.57. The lowest BCUT2D eigenvalue weighted by molar-refractivity contribution is 0.235. The van der Waals surface area contributed by atoms with E-state index in [0.29, 0.717) is 5.92 Å². The highest BCUT2D eigenvalue weighted by Crippen LogP contribution is 2.30. The van der Waals surface area contributed by atoms with Crippen LogP contribution < -0.4 is 10.5 Å². The second kappa shape index (κ2) is 7.30. The van der Waals surface area contributed by atoms with Gasteiger partial charge in [0.05, 0.1) is 6.61 Å². The fraction of sp³-hybridized carbons (Fsp3) is 0.500. The van der Waals surface area contributed by atoms with Gasteiger partial charge in [-0.2, -0.15) is 0 Å². The summed E-state index contributed by atoms with van der Waals surface area (Å²) in [7, 11) is 0. The molecule has 1 atom stereocenters. The van der Waals surface area contributed by atoms with Gasteiger partial charge in [-0.1, -0.05) is 33.1 Å². The van der Waals surface area contributed by atoms with Gasteiger partial charge in [0.25, 0.3) is 0 Å². The van der Waals surface area contributed by atoms with Crippen molar-refractivity contribution in [1.82, 2.24) is 4.98 Å². The van der Waals surface area contributed by atoms with Crippen LogP contribution in [0.15, 0.2) is 24.4 Å². The number of pyridine rings is 1. The zero-order valence-electron chi connectivity index (χ0n) is 13.4. The Morgan fingerprint density at radius 3 is 2.76 bits per heavy atom. The number of hydrogen-bond acceptors (Lipinski definition) is 3. The highest BCUT2D eigenvalue weighted by molar-refractivity contribution is 5.96. The Labute approximate surface area is 127 Å². The van der Waals surface area contributed by atoms with Crippen LogP contribution in [-0.4, -0.2) is 11.6 Å². The summed E-state index contributed by atoms with van der Waals surface area (Å²) >= 11 is 0. The molecule has 0 saturated carbocycles. The molecule has 21 heavy (non-hydrogen) atoms. The number of hydrogen-bond donors (Lipinski definition) is 1. The van der Waals surface area contributed by atoms with Crippen LogP contribution in [0.3, 0.4) is 0 Å². The lowest BCUT2D eigenvalue weighted by atomic mass is 10.0. The number of fused-ring (bicyclic) bond motifs is 1. The molecule has 2 N–H and O–H groups in total. The van der Waals surface area contributed by atoms with Crippen molar-refractivity contribution in [2.45, 2.75) is 46.5 Å². The number of nitrogens with two attached hydrogens (primary N) is 1. The quantitative estimate of drug-likeness (QED) is 0.749. The van der Waals surface area contributed by atoms with Gasteiger partial charge in [-0.05, 0) is 37.5 Å². The van der Waals surface area contributed by atoms with E-state index >= 15 is 0 Å². The standard InChI is InChI=1S/C18H26N2O/c1-4-6-7-14(5-2)12-21-18-9-8-17(19)16-11-20-13(3)10-15(16)18/h8-11,14H,4-7,12,19H2,1-3H3. The van der Waals surface area contributed by atoms with Crippen molar-refractivity contribution >= 4 is 16.5 Å². The van der Waals surface area contributed by atoms with E-state index in [4.69, 9.17) is 10.5 Å². The van der Waals surface area contributed by atoms with Gasteiger partial charge in [0.1, 0.15) is 5.75 Å². The maximum absolute atomic E-state index is 6.10. The molecule has 114 valence electrons. The third kappa shape index (κ3) is 3.87. The molecule has 0 radical (unpaired) electrons. The smallest absolute Gasteiger partial charge is 0.127 e. The zero-order valence-corrected chi connectivity index (χ0v) is 13.4. The highest BCUT2D eigenvalue weighted by atomic mass is 16.5. The SMILES string of the molecule is CCCCC(CC)COc1ccc(N)c2cnc(C)cc12. The predicted octanol–water partition coefficient (Wildman–Crippen LogP) is 4.72. The fourth-order valence-electron chi connectivity index (χ4n) is 2.57. The van der Waals surface area contributed by atoms with Crippen molar-refractivity contribution in [1.29, 1.82) is 0 Å². The van der Waals surface area contributed by atoms with Crippen LogP contribution in [-0.2, 0) is 0 Å². The zero-order chi connectivity index (χ0) is 15.2. The average Bonchev–Trinajstić information content (AvgIpc) is 2.49. The number of anilines is 1. The first-order valence-electron chi connectivity index (χ1n) is 7.93. The summed E-state index contributed by atoms with van der Waals surface area (Å²) in [5, 5.41) is 2.03. The van der Waals surface area contributed by atoms with E-state index in [-0.39, 0.29) is 0 Å². The molecule has 0 aliphatic rings. The molecule has 0 spiro atoms. The van der Waals surface area contributed by atoms with Crippen LogP contribution in [0.4, 0.5) is 5.69 Å². The molecule has 3 nitrogen and oxygen atoms in total. The summed E-state index contributed by atoms with van der Waals surface area (Å²) < 4.78 is 6.10. The third-order valence-electron chi connectivity index (χ3n) is 4.05. The molecule has 0 aliphatic heterocycles. The Hall–Kier alpha value is -1.77. The van der Waals surface area contributed by atoms with Gasteiger partial charge in [0.2, 0.25) is 0 Å². The topological polar surface area (TPSA) is 48.1 Å². The number of nitrogen functional groups attached to an aromatic ring is 1. The molecule has 1 aromatic carbocycles. The molecule has 0 amide bonds. The van der Waals surface area contributed by atoms with Gasteiger partial charge in [0.15, 0.2) is 0 Å². The van der Waals surface area contributed by atoms with E-state index in [1.165, 1.54) is 19.3 Å². The van der Waals surface area contributed by atoms with Crippen LogP contribution in [0.1, 0.15) is 45.2 Å². The molecule has 3 heteroatoms. The molecule has 2 aromatic rings. The molecule has 1 unspecified atom stereocenters. The average molecular weight is 286 g/mol. The summed E-state index contributed by atoms with van der Waals surface area (Å²) in [4.78, 5) is 4.33.